The molecule has 1 unspecified atom stereocenters. The summed E-state index contributed by atoms with van der Waals surface area (Å²) < 4.78 is 48.5. The van der Waals surface area contributed by atoms with E-state index in [0.29, 0.717) is 35.5 Å². The Bertz CT molecular complexity index is 1720. The number of alkyl halides is 3. The molecule has 0 spiro atoms. The molecule has 7 nitrogen and oxygen atoms in total. The molecule has 43 heavy (non-hydrogen) atoms. The molecule has 1 aliphatic rings. The number of ether oxygens (including phenoxy) is 1. The number of anilines is 2. The van der Waals surface area contributed by atoms with Gasteiger partial charge in [-0.3, -0.25) is 4.79 Å². The summed E-state index contributed by atoms with van der Waals surface area (Å²) in [5.41, 5.74) is 2.79. The maximum absolute atomic E-state index is 13.3. The Kier molecular flexibility index (Phi) is 8.05. The SMILES string of the molecule is Cc1cc(C(C)Nc2ccccc2C(=O)OC(=O)C(F)(F)F)c2oc(N3CCC(C)(c4ccccc4)CC3)cc(=O)c2c1. The second-order valence-corrected chi connectivity index (χ2v) is 11.2. The molecule has 10 heteroatoms. The number of carbonyl (C=O) groups excluding carboxylic acids is 2. The van der Waals surface area contributed by atoms with Crippen LogP contribution in [0.1, 0.15) is 59.8 Å². The van der Waals surface area contributed by atoms with Crippen molar-refractivity contribution in [1.29, 1.82) is 0 Å². The van der Waals surface area contributed by atoms with E-state index in [0.717, 1.165) is 18.4 Å². The van der Waals surface area contributed by atoms with Crippen LogP contribution in [0.25, 0.3) is 11.0 Å². The van der Waals surface area contributed by atoms with Gasteiger partial charge in [-0.1, -0.05) is 55.5 Å². The van der Waals surface area contributed by atoms with E-state index >= 15 is 0 Å². The lowest BCUT2D eigenvalue weighted by molar-refractivity contribution is -0.193. The van der Waals surface area contributed by atoms with Crippen LogP contribution in [0.15, 0.2) is 82.0 Å². The molecule has 1 N–H and O–H groups in total. The van der Waals surface area contributed by atoms with Crippen molar-refractivity contribution in [2.75, 3.05) is 23.3 Å². The van der Waals surface area contributed by atoms with Crippen molar-refractivity contribution in [2.45, 2.75) is 51.2 Å². The average molecular weight is 593 g/mol. The van der Waals surface area contributed by atoms with Crippen molar-refractivity contribution in [1.82, 2.24) is 0 Å². The standard InChI is InChI=1S/C33H31F3N2O5/c1-20-17-24(21(2)37-26-12-8-7-11-23(26)30(40)43-31(41)33(34,35)36)29-25(18-20)27(39)19-28(42-29)38-15-13-32(3,14-16-38)22-9-5-4-6-10-22/h4-12,17-19,21,37H,13-16H2,1-3H3. The fourth-order valence-electron chi connectivity index (χ4n) is 5.54. The van der Waals surface area contributed by atoms with E-state index in [1.165, 1.54) is 29.8 Å². The number of benzene rings is 3. The maximum atomic E-state index is 13.3. The van der Waals surface area contributed by atoms with E-state index < -0.39 is 24.2 Å². The molecule has 5 rings (SSSR count). The topological polar surface area (TPSA) is 88.8 Å². The zero-order valence-electron chi connectivity index (χ0n) is 24.0. The summed E-state index contributed by atoms with van der Waals surface area (Å²) in [5, 5.41) is 3.51. The van der Waals surface area contributed by atoms with Crippen LogP contribution in [0.5, 0.6) is 0 Å². The van der Waals surface area contributed by atoms with Gasteiger partial charge in [-0.25, -0.2) is 9.59 Å². The number of para-hydroxylation sites is 1. The quantitative estimate of drug-likeness (QED) is 0.189. The van der Waals surface area contributed by atoms with Gasteiger partial charge in [0.25, 0.3) is 0 Å². The zero-order chi connectivity index (χ0) is 30.9. The van der Waals surface area contributed by atoms with Crippen molar-refractivity contribution < 1.29 is 31.9 Å². The highest BCUT2D eigenvalue weighted by molar-refractivity contribution is 6.02. The molecular weight excluding hydrogens is 561 g/mol. The van der Waals surface area contributed by atoms with E-state index in [9.17, 15) is 27.6 Å². The van der Waals surface area contributed by atoms with Crippen molar-refractivity contribution in [3.8, 4) is 0 Å². The normalized spacial score (nSPS) is 15.6. The minimum atomic E-state index is -5.31. The Morgan fingerprint density at radius 1 is 1.00 bits per heavy atom. The number of nitrogens with one attached hydrogen (secondary N) is 1. The van der Waals surface area contributed by atoms with Gasteiger partial charge in [0.05, 0.1) is 17.0 Å². The second kappa shape index (κ2) is 11.6. The summed E-state index contributed by atoms with van der Waals surface area (Å²) >= 11 is 0. The molecule has 224 valence electrons. The number of hydrogen-bond donors (Lipinski definition) is 1. The number of carbonyl (C=O) groups is 2. The highest BCUT2D eigenvalue weighted by Gasteiger charge is 2.43. The Labute approximate surface area is 246 Å². The van der Waals surface area contributed by atoms with E-state index in [1.807, 2.05) is 31.2 Å². The average Bonchev–Trinajstić information content (AvgIpc) is 2.97. The Hall–Kier alpha value is -4.60. The molecule has 1 fully saturated rings. The van der Waals surface area contributed by atoms with Gasteiger partial charge in [-0.2, -0.15) is 13.2 Å². The smallest absolute Gasteiger partial charge is 0.440 e. The van der Waals surface area contributed by atoms with Gasteiger partial charge in [0.1, 0.15) is 5.58 Å². The van der Waals surface area contributed by atoms with Crippen molar-refractivity contribution in [3.05, 3.63) is 105 Å². The third-order valence-electron chi connectivity index (χ3n) is 8.04. The van der Waals surface area contributed by atoms with Gasteiger partial charge < -0.3 is 19.4 Å². The third kappa shape index (κ3) is 6.28. The van der Waals surface area contributed by atoms with Gasteiger partial charge in [0.15, 0.2) is 11.3 Å². The molecule has 1 aliphatic heterocycles. The van der Waals surface area contributed by atoms with Crippen LogP contribution >= 0.6 is 0 Å². The number of piperidine rings is 1. The fourth-order valence-corrected chi connectivity index (χ4v) is 5.54. The number of fused-ring (bicyclic) bond motifs is 1. The molecule has 1 aromatic heterocycles. The second-order valence-electron chi connectivity index (χ2n) is 11.2. The fraction of sp³-hybridized carbons (Fsp3) is 0.303. The van der Waals surface area contributed by atoms with Crippen LogP contribution in [-0.4, -0.2) is 31.2 Å². The summed E-state index contributed by atoms with van der Waals surface area (Å²) in [7, 11) is 0. The molecule has 0 amide bonds. The lowest BCUT2D eigenvalue weighted by Crippen LogP contribution is -2.41. The molecular formula is C33H31F3N2O5. The van der Waals surface area contributed by atoms with E-state index in [-0.39, 0.29) is 22.1 Å². The number of nitrogens with zero attached hydrogens (tertiary/aromatic N) is 1. The van der Waals surface area contributed by atoms with Crippen LogP contribution in [-0.2, 0) is 14.9 Å². The van der Waals surface area contributed by atoms with Crippen LogP contribution in [0, 0.1) is 6.92 Å². The predicted octanol–water partition coefficient (Wildman–Crippen LogP) is 7.08. The number of hydrogen-bond acceptors (Lipinski definition) is 7. The molecule has 3 aromatic carbocycles. The Balaban J connectivity index is 1.43. The summed E-state index contributed by atoms with van der Waals surface area (Å²) in [6.45, 7) is 7.25. The first-order valence-electron chi connectivity index (χ1n) is 13.9. The van der Waals surface area contributed by atoms with Gasteiger partial charge in [-0.05, 0) is 61.4 Å². The number of halogens is 3. The van der Waals surface area contributed by atoms with Crippen LogP contribution < -0.4 is 15.6 Å². The molecule has 0 radical (unpaired) electrons. The number of aryl methyl sites for hydroxylation is 1. The van der Waals surface area contributed by atoms with Crippen LogP contribution in [0.2, 0.25) is 0 Å². The molecule has 0 saturated carbocycles. The summed E-state index contributed by atoms with van der Waals surface area (Å²) in [6, 6.07) is 20.7. The Morgan fingerprint density at radius 2 is 1.65 bits per heavy atom. The van der Waals surface area contributed by atoms with E-state index in [4.69, 9.17) is 4.42 Å². The predicted molar refractivity (Wildman–Crippen MR) is 157 cm³/mol. The van der Waals surface area contributed by atoms with Crippen molar-refractivity contribution >= 4 is 34.5 Å². The van der Waals surface area contributed by atoms with Gasteiger partial charge >= 0.3 is 18.1 Å². The minimum Gasteiger partial charge on any atom is -0.440 e. The summed E-state index contributed by atoms with van der Waals surface area (Å²) in [6.07, 6.45) is -3.56. The summed E-state index contributed by atoms with van der Waals surface area (Å²) in [5.74, 6) is -3.58. The van der Waals surface area contributed by atoms with Crippen molar-refractivity contribution in [3.63, 3.8) is 0 Å². The largest absolute Gasteiger partial charge is 0.491 e. The highest BCUT2D eigenvalue weighted by atomic mass is 19.4. The lowest BCUT2D eigenvalue weighted by Gasteiger charge is -2.40. The van der Waals surface area contributed by atoms with Gasteiger partial charge in [0.2, 0.25) is 0 Å². The molecule has 0 aliphatic carbocycles. The van der Waals surface area contributed by atoms with E-state index in [1.54, 1.807) is 19.1 Å². The molecule has 0 bridgehead atoms. The van der Waals surface area contributed by atoms with Crippen LogP contribution in [0.4, 0.5) is 24.7 Å². The van der Waals surface area contributed by atoms with E-state index in [2.05, 4.69) is 34.0 Å². The number of rotatable bonds is 6. The maximum Gasteiger partial charge on any atom is 0.491 e. The molecule has 1 atom stereocenters. The molecule has 1 saturated heterocycles. The first kappa shape index (κ1) is 29.9. The first-order valence-corrected chi connectivity index (χ1v) is 13.9. The van der Waals surface area contributed by atoms with Crippen LogP contribution in [0.3, 0.4) is 0 Å². The minimum absolute atomic E-state index is 0.00879. The number of esters is 2. The highest BCUT2D eigenvalue weighted by Crippen LogP contribution is 2.37. The molecule has 4 aromatic rings. The van der Waals surface area contributed by atoms with Gasteiger partial charge in [0, 0.05) is 30.4 Å². The molecule has 2 heterocycles. The summed E-state index contributed by atoms with van der Waals surface area (Å²) in [4.78, 5) is 39.1. The third-order valence-corrected chi connectivity index (χ3v) is 8.04. The monoisotopic (exact) mass is 592 g/mol. The lowest BCUT2D eigenvalue weighted by atomic mass is 9.74. The van der Waals surface area contributed by atoms with Gasteiger partial charge in [-0.15, -0.1) is 0 Å². The zero-order valence-corrected chi connectivity index (χ0v) is 24.0. The van der Waals surface area contributed by atoms with Crippen molar-refractivity contribution in [2.24, 2.45) is 0 Å². The first-order chi connectivity index (χ1) is 20.4. The Morgan fingerprint density at radius 3 is 2.33 bits per heavy atom.